The van der Waals surface area contributed by atoms with Crippen molar-refractivity contribution in [2.24, 2.45) is 0 Å². The summed E-state index contributed by atoms with van der Waals surface area (Å²) in [5.41, 5.74) is 1.16. The first-order chi connectivity index (χ1) is 14.8. The molecule has 1 amide bonds. The van der Waals surface area contributed by atoms with E-state index in [4.69, 9.17) is 0 Å². The van der Waals surface area contributed by atoms with Crippen molar-refractivity contribution in [3.05, 3.63) is 66.2 Å². The molecule has 0 spiro atoms. The zero-order valence-corrected chi connectivity index (χ0v) is 16.9. The molecule has 1 aliphatic carbocycles. The summed E-state index contributed by atoms with van der Waals surface area (Å²) in [5, 5.41) is 3.04. The molecule has 8 heteroatoms. The summed E-state index contributed by atoms with van der Waals surface area (Å²) >= 11 is 0. The molecule has 1 aliphatic rings. The number of anilines is 1. The maximum Gasteiger partial charge on any atom is 0.416 e. The van der Waals surface area contributed by atoms with Crippen LogP contribution in [0.5, 0.6) is 0 Å². The second-order valence-corrected chi connectivity index (χ2v) is 7.49. The number of aromatic nitrogens is 2. The first-order valence-corrected chi connectivity index (χ1v) is 9.93. The fourth-order valence-electron chi connectivity index (χ4n) is 3.19. The van der Waals surface area contributed by atoms with Gasteiger partial charge in [-0.2, -0.15) is 13.2 Å². The number of alkyl halides is 3. The fraction of sp³-hybridized carbons (Fsp3) is 0.261. The molecule has 1 fully saturated rings. The molecule has 1 aromatic heterocycles. The maximum atomic E-state index is 12.9. The van der Waals surface area contributed by atoms with Crippen LogP contribution in [0, 0.1) is 0 Å². The van der Waals surface area contributed by atoms with Crippen LogP contribution in [0.3, 0.4) is 0 Å². The number of hydrogen-bond acceptors (Lipinski definition) is 4. The van der Waals surface area contributed by atoms with Gasteiger partial charge in [-0.15, -0.1) is 0 Å². The average Bonchev–Trinajstić information content (AvgIpc) is 3.62. The summed E-state index contributed by atoms with van der Waals surface area (Å²) in [6.07, 6.45) is -2.37. The van der Waals surface area contributed by atoms with Crippen molar-refractivity contribution in [3.63, 3.8) is 0 Å². The van der Waals surface area contributed by atoms with Gasteiger partial charge in [-0.05, 0) is 25.0 Å². The number of carbonyl (C=O) groups excluding carboxylic acids is 1. The molecule has 5 nitrogen and oxygen atoms in total. The van der Waals surface area contributed by atoms with E-state index in [1.165, 1.54) is 12.1 Å². The van der Waals surface area contributed by atoms with Gasteiger partial charge < -0.3 is 10.2 Å². The molecule has 0 atom stereocenters. The molecule has 0 bridgehead atoms. The van der Waals surface area contributed by atoms with Crippen molar-refractivity contribution in [2.75, 3.05) is 18.9 Å². The molecular weight excluding hydrogens is 405 g/mol. The summed E-state index contributed by atoms with van der Waals surface area (Å²) in [6, 6.07) is 16.1. The van der Waals surface area contributed by atoms with E-state index < -0.39 is 11.7 Å². The van der Waals surface area contributed by atoms with Crippen molar-refractivity contribution in [2.45, 2.75) is 25.1 Å². The predicted molar refractivity (Wildman–Crippen MR) is 112 cm³/mol. The first kappa shape index (κ1) is 20.8. The van der Waals surface area contributed by atoms with Crippen molar-refractivity contribution >= 4 is 11.7 Å². The maximum absolute atomic E-state index is 12.9. The number of likely N-dealkylation sites (N-methyl/N-ethyl adjacent to an activating group) is 1. The highest BCUT2D eigenvalue weighted by Crippen LogP contribution is 2.31. The van der Waals surface area contributed by atoms with Gasteiger partial charge in [-0.25, -0.2) is 9.97 Å². The van der Waals surface area contributed by atoms with Crippen LogP contribution in [0.4, 0.5) is 19.0 Å². The van der Waals surface area contributed by atoms with Gasteiger partial charge in [0.1, 0.15) is 5.82 Å². The molecule has 0 unspecified atom stereocenters. The minimum atomic E-state index is -4.41. The molecule has 0 saturated heterocycles. The third-order valence-corrected chi connectivity index (χ3v) is 5.17. The monoisotopic (exact) mass is 426 g/mol. The van der Waals surface area contributed by atoms with E-state index in [-0.39, 0.29) is 18.3 Å². The number of nitrogens with one attached hydrogen (secondary N) is 1. The second kappa shape index (κ2) is 8.37. The Labute approximate surface area is 178 Å². The van der Waals surface area contributed by atoms with E-state index >= 15 is 0 Å². The quantitative estimate of drug-likeness (QED) is 0.612. The lowest BCUT2D eigenvalue weighted by Crippen LogP contribution is -2.33. The van der Waals surface area contributed by atoms with Crippen LogP contribution in [0.1, 0.15) is 18.4 Å². The molecule has 31 heavy (non-hydrogen) atoms. The summed E-state index contributed by atoms with van der Waals surface area (Å²) in [6.45, 7) is 0.0741. The van der Waals surface area contributed by atoms with Crippen LogP contribution < -0.4 is 5.32 Å². The van der Waals surface area contributed by atoms with Crippen LogP contribution in [-0.4, -0.2) is 40.4 Å². The van der Waals surface area contributed by atoms with Gasteiger partial charge in [0.15, 0.2) is 5.82 Å². The SMILES string of the molecule is CN(C(=O)CNc1cc(-c2ccccc2)nc(-c2ccc(C(F)(F)F)cc2)n1)C1CC1. The zero-order valence-electron chi connectivity index (χ0n) is 16.9. The Bertz CT molecular complexity index is 1060. The number of rotatable bonds is 6. The number of amides is 1. The van der Waals surface area contributed by atoms with E-state index in [0.717, 1.165) is 30.5 Å². The van der Waals surface area contributed by atoms with Crippen molar-refractivity contribution in [3.8, 4) is 22.6 Å². The Balaban J connectivity index is 1.64. The molecule has 1 N–H and O–H groups in total. The lowest BCUT2D eigenvalue weighted by molar-refractivity contribution is -0.137. The van der Waals surface area contributed by atoms with Crippen LogP contribution in [0.25, 0.3) is 22.6 Å². The normalized spacial score (nSPS) is 13.7. The van der Waals surface area contributed by atoms with Gasteiger partial charge in [0, 0.05) is 30.3 Å². The number of halogens is 3. The standard InChI is InChI=1S/C23H21F3N4O/c1-30(18-11-12-18)21(31)14-27-20-13-19(15-5-3-2-4-6-15)28-22(29-20)16-7-9-17(10-8-16)23(24,25)26/h2-10,13,18H,11-12,14H2,1H3,(H,27,28,29). The Morgan fingerprint density at radius 1 is 1.03 bits per heavy atom. The van der Waals surface area contributed by atoms with Gasteiger partial charge in [0.05, 0.1) is 17.8 Å². The highest BCUT2D eigenvalue weighted by atomic mass is 19.4. The molecule has 3 aromatic rings. The molecular formula is C23H21F3N4O. The van der Waals surface area contributed by atoms with E-state index in [1.807, 2.05) is 30.3 Å². The highest BCUT2D eigenvalue weighted by molar-refractivity contribution is 5.81. The smallest absolute Gasteiger partial charge is 0.361 e. The minimum Gasteiger partial charge on any atom is -0.361 e. The number of nitrogens with zero attached hydrogens (tertiary/aromatic N) is 3. The predicted octanol–water partition coefficient (Wildman–Crippen LogP) is 4.86. The lowest BCUT2D eigenvalue weighted by Gasteiger charge is -2.17. The summed E-state index contributed by atoms with van der Waals surface area (Å²) < 4.78 is 38.7. The van der Waals surface area contributed by atoms with Gasteiger partial charge in [0.25, 0.3) is 0 Å². The van der Waals surface area contributed by atoms with E-state index in [9.17, 15) is 18.0 Å². The third kappa shape index (κ3) is 5.02. The Kier molecular flexibility index (Phi) is 5.63. The molecule has 2 aromatic carbocycles. The summed E-state index contributed by atoms with van der Waals surface area (Å²) in [4.78, 5) is 23.1. The average molecular weight is 426 g/mol. The van der Waals surface area contributed by atoms with Crippen LogP contribution in [0.2, 0.25) is 0 Å². The van der Waals surface area contributed by atoms with E-state index in [1.54, 1.807) is 18.0 Å². The lowest BCUT2D eigenvalue weighted by atomic mass is 10.1. The molecule has 0 radical (unpaired) electrons. The van der Waals surface area contributed by atoms with E-state index in [2.05, 4.69) is 15.3 Å². The molecule has 160 valence electrons. The van der Waals surface area contributed by atoms with Crippen LogP contribution >= 0.6 is 0 Å². The minimum absolute atomic E-state index is 0.0431. The summed E-state index contributed by atoms with van der Waals surface area (Å²) in [7, 11) is 1.78. The number of benzene rings is 2. The van der Waals surface area contributed by atoms with Gasteiger partial charge >= 0.3 is 6.18 Å². The molecule has 1 heterocycles. The number of carbonyl (C=O) groups is 1. The largest absolute Gasteiger partial charge is 0.416 e. The molecule has 0 aliphatic heterocycles. The first-order valence-electron chi connectivity index (χ1n) is 9.93. The van der Waals surface area contributed by atoms with Crippen LogP contribution in [0.15, 0.2) is 60.7 Å². The topological polar surface area (TPSA) is 58.1 Å². The third-order valence-electron chi connectivity index (χ3n) is 5.17. The highest BCUT2D eigenvalue weighted by Gasteiger charge is 2.30. The molecule has 1 saturated carbocycles. The van der Waals surface area contributed by atoms with Crippen molar-refractivity contribution in [1.29, 1.82) is 0 Å². The van der Waals surface area contributed by atoms with Gasteiger partial charge in [0.2, 0.25) is 5.91 Å². The Morgan fingerprint density at radius 3 is 2.32 bits per heavy atom. The van der Waals surface area contributed by atoms with Gasteiger partial charge in [-0.1, -0.05) is 42.5 Å². The summed E-state index contributed by atoms with van der Waals surface area (Å²) in [5.74, 6) is 0.667. The van der Waals surface area contributed by atoms with E-state index in [0.29, 0.717) is 23.1 Å². The second-order valence-electron chi connectivity index (χ2n) is 7.49. The van der Waals surface area contributed by atoms with Crippen molar-refractivity contribution < 1.29 is 18.0 Å². The Hall–Kier alpha value is -3.42. The zero-order chi connectivity index (χ0) is 22.0. The molecule has 4 rings (SSSR count). The Morgan fingerprint density at radius 2 is 1.71 bits per heavy atom. The van der Waals surface area contributed by atoms with Crippen LogP contribution in [-0.2, 0) is 11.0 Å². The van der Waals surface area contributed by atoms with Crippen molar-refractivity contribution in [1.82, 2.24) is 14.9 Å². The van der Waals surface area contributed by atoms with Gasteiger partial charge in [-0.3, -0.25) is 4.79 Å². The number of hydrogen-bond donors (Lipinski definition) is 1. The fourth-order valence-corrected chi connectivity index (χ4v) is 3.19.